The fourth-order valence-electron chi connectivity index (χ4n) is 1.96. The minimum atomic E-state index is -4.75. The van der Waals surface area contributed by atoms with E-state index >= 15 is 0 Å². The standard InChI is InChI=1S/C16H23F3N4O2.HI/c1-11(2)23-14(24)8-9-21-15(20-3)22-10-12-6-4-5-7-13(12)25-16(17,18)19;/h4-7,11H,8-10H2,1-3H3,(H,23,24)(H2,20,21,22);1H. The van der Waals surface area contributed by atoms with Crippen LogP contribution in [0.4, 0.5) is 13.2 Å². The van der Waals surface area contributed by atoms with Gasteiger partial charge in [-0.2, -0.15) is 0 Å². The van der Waals surface area contributed by atoms with Gasteiger partial charge in [0.1, 0.15) is 5.75 Å². The van der Waals surface area contributed by atoms with Crippen molar-refractivity contribution in [1.29, 1.82) is 0 Å². The van der Waals surface area contributed by atoms with E-state index in [4.69, 9.17) is 0 Å². The molecule has 0 aliphatic rings. The summed E-state index contributed by atoms with van der Waals surface area (Å²) >= 11 is 0. The molecule has 0 aliphatic carbocycles. The van der Waals surface area contributed by atoms with Crippen molar-refractivity contribution >= 4 is 35.8 Å². The Morgan fingerprint density at radius 2 is 1.88 bits per heavy atom. The van der Waals surface area contributed by atoms with Crippen LogP contribution in [-0.2, 0) is 11.3 Å². The van der Waals surface area contributed by atoms with E-state index in [1.54, 1.807) is 6.07 Å². The molecular formula is C16H24F3IN4O2. The molecule has 0 bridgehead atoms. The SMILES string of the molecule is CN=C(NCCC(=O)NC(C)C)NCc1ccccc1OC(F)(F)F.I. The third-order valence-corrected chi connectivity index (χ3v) is 2.96. The van der Waals surface area contributed by atoms with Crippen LogP contribution < -0.4 is 20.7 Å². The summed E-state index contributed by atoms with van der Waals surface area (Å²) < 4.78 is 41.2. The molecule has 1 rings (SSSR count). The number of rotatable bonds is 7. The molecule has 6 nitrogen and oxygen atoms in total. The lowest BCUT2D eigenvalue weighted by Gasteiger charge is -2.15. The molecule has 0 heterocycles. The average molecular weight is 488 g/mol. The Labute approximate surface area is 168 Å². The summed E-state index contributed by atoms with van der Waals surface area (Å²) in [5, 5.41) is 8.57. The number of carbonyl (C=O) groups excluding carboxylic acids is 1. The highest BCUT2D eigenvalue weighted by Gasteiger charge is 2.31. The van der Waals surface area contributed by atoms with Crippen molar-refractivity contribution in [3.8, 4) is 5.75 Å². The lowest BCUT2D eigenvalue weighted by Crippen LogP contribution is -2.39. The van der Waals surface area contributed by atoms with E-state index in [0.29, 0.717) is 18.1 Å². The van der Waals surface area contributed by atoms with Crippen LogP contribution in [0.25, 0.3) is 0 Å². The van der Waals surface area contributed by atoms with Gasteiger partial charge in [0.05, 0.1) is 0 Å². The van der Waals surface area contributed by atoms with Crippen LogP contribution in [0.15, 0.2) is 29.3 Å². The van der Waals surface area contributed by atoms with Crippen molar-refractivity contribution in [1.82, 2.24) is 16.0 Å². The first-order valence-electron chi connectivity index (χ1n) is 7.79. The lowest BCUT2D eigenvalue weighted by molar-refractivity contribution is -0.274. The van der Waals surface area contributed by atoms with E-state index in [1.165, 1.54) is 25.2 Å². The molecule has 0 fully saturated rings. The van der Waals surface area contributed by atoms with Crippen LogP contribution in [0.2, 0.25) is 0 Å². The highest BCUT2D eigenvalue weighted by atomic mass is 127. The van der Waals surface area contributed by atoms with Crippen LogP contribution in [0.1, 0.15) is 25.8 Å². The normalized spacial score (nSPS) is 11.6. The summed E-state index contributed by atoms with van der Waals surface area (Å²) in [6, 6.07) is 5.92. The van der Waals surface area contributed by atoms with E-state index in [-0.39, 0.29) is 54.6 Å². The van der Waals surface area contributed by atoms with Crippen LogP contribution in [0.3, 0.4) is 0 Å². The zero-order valence-electron chi connectivity index (χ0n) is 14.8. The maximum absolute atomic E-state index is 12.4. The van der Waals surface area contributed by atoms with Crippen molar-refractivity contribution in [3.63, 3.8) is 0 Å². The summed E-state index contributed by atoms with van der Waals surface area (Å²) in [5.41, 5.74) is 0.334. The molecule has 0 atom stereocenters. The molecule has 26 heavy (non-hydrogen) atoms. The number of aliphatic imine (C=N–C) groups is 1. The Balaban J connectivity index is 0.00000625. The fourth-order valence-corrected chi connectivity index (χ4v) is 1.96. The summed E-state index contributed by atoms with van der Waals surface area (Å²) in [6.45, 7) is 4.17. The molecule has 10 heteroatoms. The summed E-state index contributed by atoms with van der Waals surface area (Å²) in [4.78, 5) is 15.5. The number of halogens is 4. The number of hydrogen-bond acceptors (Lipinski definition) is 3. The molecule has 3 N–H and O–H groups in total. The molecule has 0 radical (unpaired) electrons. The molecule has 0 aliphatic heterocycles. The van der Waals surface area contributed by atoms with Crippen molar-refractivity contribution in [3.05, 3.63) is 29.8 Å². The summed E-state index contributed by atoms with van der Waals surface area (Å²) in [7, 11) is 1.53. The monoisotopic (exact) mass is 488 g/mol. The Bertz CT molecular complexity index is 595. The van der Waals surface area contributed by atoms with Gasteiger partial charge in [0.2, 0.25) is 5.91 Å². The van der Waals surface area contributed by atoms with Gasteiger partial charge in [0, 0.05) is 38.2 Å². The molecule has 0 unspecified atom stereocenters. The van der Waals surface area contributed by atoms with Gasteiger partial charge in [-0.3, -0.25) is 9.79 Å². The van der Waals surface area contributed by atoms with Gasteiger partial charge in [0.15, 0.2) is 5.96 Å². The van der Waals surface area contributed by atoms with Crippen molar-refractivity contribution in [2.75, 3.05) is 13.6 Å². The smallest absolute Gasteiger partial charge is 0.405 e. The first-order chi connectivity index (χ1) is 11.7. The topological polar surface area (TPSA) is 74.8 Å². The fraction of sp³-hybridized carbons (Fsp3) is 0.500. The number of alkyl halides is 3. The zero-order chi connectivity index (χ0) is 18.9. The van der Waals surface area contributed by atoms with E-state index < -0.39 is 6.36 Å². The van der Waals surface area contributed by atoms with Crippen LogP contribution in [-0.4, -0.2) is 37.9 Å². The van der Waals surface area contributed by atoms with Crippen LogP contribution >= 0.6 is 24.0 Å². The number of nitrogens with zero attached hydrogens (tertiary/aromatic N) is 1. The molecule has 0 saturated carbocycles. The van der Waals surface area contributed by atoms with E-state index in [9.17, 15) is 18.0 Å². The number of carbonyl (C=O) groups is 1. The molecular weight excluding hydrogens is 464 g/mol. The molecule has 148 valence electrons. The highest BCUT2D eigenvalue weighted by Crippen LogP contribution is 2.25. The van der Waals surface area contributed by atoms with Gasteiger partial charge >= 0.3 is 6.36 Å². The lowest BCUT2D eigenvalue weighted by atomic mass is 10.2. The van der Waals surface area contributed by atoms with Crippen molar-refractivity contribution in [2.45, 2.75) is 39.2 Å². The first-order valence-corrected chi connectivity index (χ1v) is 7.79. The predicted molar refractivity (Wildman–Crippen MR) is 105 cm³/mol. The summed E-state index contributed by atoms with van der Waals surface area (Å²) in [6.07, 6.45) is -4.49. The van der Waals surface area contributed by atoms with Crippen molar-refractivity contribution < 1.29 is 22.7 Å². The van der Waals surface area contributed by atoms with Gasteiger partial charge in [-0.15, -0.1) is 37.1 Å². The molecule has 1 aromatic carbocycles. The van der Waals surface area contributed by atoms with E-state index in [2.05, 4.69) is 25.7 Å². The van der Waals surface area contributed by atoms with E-state index in [1.807, 2.05) is 13.8 Å². The Morgan fingerprint density at radius 1 is 1.23 bits per heavy atom. The predicted octanol–water partition coefficient (Wildman–Crippen LogP) is 2.78. The second-order valence-electron chi connectivity index (χ2n) is 5.48. The third-order valence-electron chi connectivity index (χ3n) is 2.96. The van der Waals surface area contributed by atoms with Crippen molar-refractivity contribution in [2.24, 2.45) is 4.99 Å². The molecule has 1 amide bonds. The largest absolute Gasteiger partial charge is 0.573 e. The molecule has 0 aromatic heterocycles. The third kappa shape index (κ3) is 10.3. The molecule has 0 saturated heterocycles. The Morgan fingerprint density at radius 3 is 2.46 bits per heavy atom. The van der Waals surface area contributed by atoms with E-state index in [0.717, 1.165) is 0 Å². The minimum absolute atomic E-state index is 0. The number of amides is 1. The second-order valence-corrected chi connectivity index (χ2v) is 5.48. The Hall–Kier alpha value is -1.72. The van der Waals surface area contributed by atoms with Gasteiger partial charge < -0.3 is 20.7 Å². The maximum atomic E-state index is 12.4. The number of ether oxygens (including phenoxy) is 1. The minimum Gasteiger partial charge on any atom is -0.405 e. The number of hydrogen-bond donors (Lipinski definition) is 3. The zero-order valence-corrected chi connectivity index (χ0v) is 17.1. The highest BCUT2D eigenvalue weighted by molar-refractivity contribution is 14.0. The van der Waals surface area contributed by atoms with Gasteiger partial charge in [0.25, 0.3) is 0 Å². The van der Waals surface area contributed by atoms with Gasteiger partial charge in [-0.05, 0) is 19.9 Å². The number of benzene rings is 1. The second kappa shape index (κ2) is 11.8. The molecule has 0 spiro atoms. The number of guanidine groups is 1. The number of para-hydroxylation sites is 1. The van der Waals surface area contributed by atoms with Crippen LogP contribution in [0.5, 0.6) is 5.75 Å². The van der Waals surface area contributed by atoms with Gasteiger partial charge in [-0.1, -0.05) is 18.2 Å². The quantitative estimate of drug-likeness (QED) is 0.314. The maximum Gasteiger partial charge on any atom is 0.573 e. The summed E-state index contributed by atoms with van der Waals surface area (Å²) in [5.74, 6) is 0.00954. The Kier molecular flexibility index (Phi) is 11.0. The molecule has 1 aromatic rings. The van der Waals surface area contributed by atoms with Crippen LogP contribution in [0, 0.1) is 0 Å². The van der Waals surface area contributed by atoms with Gasteiger partial charge in [-0.25, -0.2) is 0 Å². The number of nitrogens with one attached hydrogen (secondary N) is 3. The first kappa shape index (κ1) is 24.3. The average Bonchev–Trinajstić information content (AvgIpc) is 2.49.